The molecule has 2 aromatic carbocycles. The number of carbonyl (C=O) groups is 1. The van der Waals surface area contributed by atoms with Crippen LogP contribution in [0.2, 0.25) is 0 Å². The molecule has 0 aromatic heterocycles. The summed E-state index contributed by atoms with van der Waals surface area (Å²) in [6.45, 7) is 4.82. The summed E-state index contributed by atoms with van der Waals surface area (Å²) in [6, 6.07) is 7.19. The molecule has 0 bridgehead atoms. The molecule has 40 heavy (non-hydrogen) atoms. The molecule has 220 valence electrons. The van der Waals surface area contributed by atoms with Crippen molar-refractivity contribution in [1.82, 2.24) is 10.4 Å². The van der Waals surface area contributed by atoms with Gasteiger partial charge in [-0.25, -0.2) is 13.8 Å². The molecule has 9 heteroatoms. The van der Waals surface area contributed by atoms with E-state index in [0.717, 1.165) is 24.5 Å². The summed E-state index contributed by atoms with van der Waals surface area (Å²) in [5.74, 6) is 0.177. The van der Waals surface area contributed by atoms with Crippen LogP contribution in [0.3, 0.4) is 0 Å². The van der Waals surface area contributed by atoms with E-state index in [0.29, 0.717) is 55.7 Å². The summed E-state index contributed by atoms with van der Waals surface area (Å²) < 4.78 is 44.4. The fourth-order valence-corrected chi connectivity index (χ4v) is 4.71. The van der Waals surface area contributed by atoms with Crippen LogP contribution in [0, 0.1) is 11.6 Å². The van der Waals surface area contributed by atoms with Gasteiger partial charge in [-0.2, -0.15) is 0 Å². The van der Waals surface area contributed by atoms with Crippen molar-refractivity contribution in [1.29, 1.82) is 0 Å². The van der Waals surface area contributed by atoms with Gasteiger partial charge in [-0.15, -0.1) is 0 Å². The van der Waals surface area contributed by atoms with Gasteiger partial charge in [-0.3, -0.25) is 10.2 Å². The first kappa shape index (κ1) is 31.2. The van der Waals surface area contributed by atoms with E-state index in [2.05, 4.69) is 12.3 Å². The van der Waals surface area contributed by atoms with Crippen LogP contribution in [0.5, 0.6) is 17.2 Å². The van der Waals surface area contributed by atoms with Crippen LogP contribution in [-0.4, -0.2) is 57.9 Å². The monoisotopic (exact) mass is 559 g/mol. The minimum Gasteiger partial charge on any atom is -0.493 e. The number of rotatable bonds is 16. The number of hydrogen-bond donors (Lipinski definition) is 1. The molecule has 0 radical (unpaired) electrons. The number of carbonyl (C=O) groups excluding carboxylic acids is 1. The predicted molar refractivity (Wildman–Crippen MR) is 155 cm³/mol. The molecule has 7 nitrogen and oxygen atoms in total. The van der Waals surface area contributed by atoms with Crippen molar-refractivity contribution < 1.29 is 27.8 Å². The fraction of sp³-hybridized carbons (Fsp3) is 0.516. The molecule has 1 amide bonds. The van der Waals surface area contributed by atoms with Crippen molar-refractivity contribution in [3.63, 3.8) is 0 Å². The SMILES string of the molecule is CCCCCCCCCCOc1c(OC)cc(C=CC(=O)NN2CCN(c3ccc(F)cc3F)CC2)cc1OC. The number of methoxy groups -OCH3 is 2. The summed E-state index contributed by atoms with van der Waals surface area (Å²) in [5.41, 5.74) is 3.95. The van der Waals surface area contributed by atoms with Gasteiger partial charge in [0.1, 0.15) is 11.6 Å². The van der Waals surface area contributed by atoms with Crippen molar-refractivity contribution >= 4 is 17.7 Å². The van der Waals surface area contributed by atoms with Gasteiger partial charge in [0.25, 0.3) is 5.91 Å². The molecule has 0 unspecified atom stereocenters. The Morgan fingerprint density at radius 2 is 1.52 bits per heavy atom. The fourth-order valence-electron chi connectivity index (χ4n) is 4.71. The maximum absolute atomic E-state index is 14.1. The van der Waals surface area contributed by atoms with E-state index in [-0.39, 0.29) is 5.91 Å². The molecule has 3 rings (SSSR count). The number of piperazine rings is 1. The Kier molecular flexibility index (Phi) is 13.0. The van der Waals surface area contributed by atoms with Crippen LogP contribution < -0.4 is 24.5 Å². The highest BCUT2D eigenvalue weighted by atomic mass is 19.1. The van der Waals surface area contributed by atoms with E-state index in [1.165, 1.54) is 56.7 Å². The van der Waals surface area contributed by atoms with Gasteiger partial charge in [-0.1, -0.05) is 51.9 Å². The Balaban J connectivity index is 1.47. The lowest BCUT2D eigenvalue weighted by Crippen LogP contribution is -2.53. The molecule has 0 spiro atoms. The Morgan fingerprint density at radius 3 is 2.12 bits per heavy atom. The Labute approximate surface area is 237 Å². The maximum Gasteiger partial charge on any atom is 0.258 e. The highest BCUT2D eigenvalue weighted by molar-refractivity contribution is 5.91. The van der Waals surface area contributed by atoms with Crippen molar-refractivity contribution in [2.75, 3.05) is 51.9 Å². The molecule has 1 heterocycles. The van der Waals surface area contributed by atoms with Crippen molar-refractivity contribution in [2.45, 2.75) is 58.3 Å². The van der Waals surface area contributed by atoms with Crippen molar-refractivity contribution in [3.8, 4) is 17.2 Å². The molecule has 1 aliphatic rings. The van der Waals surface area contributed by atoms with Crippen LogP contribution in [0.4, 0.5) is 14.5 Å². The number of hydrogen-bond acceptors (Lipinski definition) is 6. The Hall–Kier alpha value is -3.33. The van der Waals surface area contributed by atoms with Gasteiger partial charge in [0.2, 0.25) is 5.75 Å². The lowest BCUT2D eigenvalue weighted by molar-refractivity contribution is -0.121. The highest BCUT2D eigenvalue weighted by Gasteiger charge is 2.20. The number of nitrogens with one attached hydrogen (secondary N) is 1. The zero-order valence-electron chi connectivity index (χ0n) is 24.0. The number of unbranched alkanes of at least 4 members (excludes halogenated alkanes) is 7. The molecule has 1 saturated heterocycles. The highest BCUT2D eigenvalue weighted by Crippen LogP contribution is 2.39. The summed E-state index contributed by atoms with van der Waals surface area (Å²) >= 11 is 0. The summed E-state index contributed by atoms with van der Waals surface area (Å²) in [7, 11) is 3.16. The van der Waals surface area contributed by atoms with E-state index in [9.17, 15) is 13.6 Å². The van der Waals surface area contributed by atoms with Gasteiger partial charge >= 0.3 is 0 Å². The van der Waals surface area contributed by atoms with E-state index in [4.69, 9.17) is 14.2 Å². The molecular weight excluding hydrogens is 516 g/mol. The number of halogens is 2. The molecule has 1 fully saturated rings. The van der Waals surface area contributed by atoms with Gasteiger partial charge in [0.05, 0.1) is 26.5 Å². The summed E-state index contributed by atoms with van der Waals surface area (Å²) in [5, 5.41) is 1.79. The lowest BCUT2D eigenvalue weighted by atomic mass is 10.1. The molecule has 1 N–H and O–H groups in total. The van der Waals surface area contributed by atoms with E-state index in [1.807, 2.05) is 17.0 Å². The number of anilines is 1. The van der Waals surface area contributed by atoms with Gasteiger partial charge < -0.3 is 19.1 Å². The van der Waals surface area contributed by atoms with Gasteiger partial charge in [0, 0.05) is 38.3 Å². The normalized spacial score (nSPS) is 14.0. The van der Waals surface area contributed by atoms with Gasteiger partial charge in [-0.05, 0) is 42.3 Å². The van der Waals surface area contributed by atoms with Crippen LogP contribution in [0.1, 0.15) is 63.9 Å². The average molecular weight is 560 g/mol. The zero-order valence-corrected chi connectivity index (χ0v) is 24.0. The third-order valence-corrected chi connectivity index (χ3v) is 6.95. The second-order valence-electron chi connectivity index (χ2n) is 9.96. The minimum absolute atomic E-state index is 0.283. The zero-order chi connectivity index (χ0) is 28.7. The quantitative estimate of drug-likeness (QED) is 0.191. The third-order valence-electron chi connectivity index (χ3n) is 6.95. The Morgan fingerprint density at radius 1 is 0.900 bits per heavy atom. The standard InChI is InChI=1S/C31H43F2N3O4/c1-4-5-6-7-8-9-10-11-20-40-31-28(38-2)21-24(22-29(31)39-3)12-15-30(37)34-36-18-16-35(17-19-36)27-14-13-25(32)23-26(27)33/h12-15,21-23H,4-11,16-20H2,1-3H3,(H,34,37). The lowest BCUT2D eigenvalue weighted by Gasteiger charge is -2.35. The number of benzene rings is 2. The van der Waals surface area contributed by atoms with Crippen LogP contribution in [0.15, 0.2) is 36.4 Å². The molecule has 2 aromatic rings. The minimum atomic E-state index is -0.602. The largest absolute Gasteiger partial charge is 0.493 e. The average Bonchev–Trinajstić information content (AvgIpc) is 2.95. The predicted octanol–water partition coefficient (Wildman–Crippen LogP) is 6.37. The smallest absolute Gasteiger partial charge is 0.258 e. The molecular formula is C31H43F2N3O4. The number of ether oxygens (including phenoxy) is 3. The van der Waals surface area contributed by atoms with Crippen LogP contribution in [0.25, 0.3) is 6.08 Å². The molecule has 0 atom stereocenters. The first-order valence-corrected chi connectivity index (χ1v) is 14.3. The van der Waals surface area contributed by atoms with E-state index < -0.39 is 11.6 Å². The number of hydrazine groups is 1. The number of amides is 1. The second kappa shape index (κ2) is 16.7. The van der Waals surface area contributed by atoms with E-state index in [1.54, 1.807) is 25.3 Å². The molecule has 0 saturated carbocycles. The molecule has 0 aliphatic carbocycles. The number of nitrogens with zero attached hydrogens (tertiary/aromatic N) is 2. The third kappa shape index (κ3) is 9.70. The summed E-state index contributed by atoms with van der Waals surface area (Å²) in [4.78, 5) is 14.4. The van der Waals surface area contributed by atoms with Crippen LogP contribution >= 0.6 is 0 Å². The van der Waals surface area contributed by atoms with Crippen LogP contribution in [-0.2, 0) is 4.79 Å². The first-order chi connectivity index (χ1) is 19.4. The van der Waals surface area contributed by atoms with Gasteiger partial charge in [0.15, 0.2) is 11.5 Å². The first-order valence-electron chi connectivity index (χ1n) is 14.3. The molecule has 1 aliphatic heterocycles. The maximum atomic E-state index is 14.1. The topological polar surface area (TPSA) is 63.3 Å². The second-order valence-corrected chi connectivity index (χ2v) is 9.96. The summed E-state index contributed by atoms with van der Waals surface area (Å²) in [6.07, 6.45) is 12.9. The van der Waals surface area contributed by atoms with Crippen molar-refractivity contribution in [2.24, 2.45) is 0 Å². The Bertz CT molecular complexity index is 1080. The van der Waals surface area contributed by atoms with Crippen molar-refractivity contribution in [3.05, 3.63) is 53.6 Å². The van der Waals surface area contributed by atoms with E-state index >= 15 is 0 Å².